The number of aliphatic hydroxyl groups excluding tert-OH is 1. The smallest absolute Gasteiger partial charge is 0.252 e. The summed E-state index contributed by atoms with van der Waals surface area (Å²) in [6.07, 6.45) is 6.62. The van der Waals surface area contributed by atoms with E-state index in [-0.39, 0.29) is 17.9 Å². The summed E-state index contributed by atoms with van der Waals surface area (Å²) in [4.78, 5) is 20.1. The lowest BCUT2D eigenvalue weighted by Crippen LogP contribution is -2.36. The predicted octanol–water partition coefficient (Wildman–Crippen LogP) is 1.02. The van der Waals surface area contributed by atoms with Crippen LogP contribution in [0, 0.1) is 5.41 Å². The zero-order valence-corrected chi connectivity index (χ0v) is 11.6. The largest absolute Gasteiger partial charge is 0.396 e. The lowest BCUT2D eigenvalue weighted by Gasteiger charge is -2.21. The van der Waals surface area contributed by atoms with E-state index < -0.39 is 0 Å². The average molecular weight is 274 g/mol. The minimum atomic E-state index is -0.333. The molecule has 6 heteroatoms. The number of nitrogens with zero attached hydrogens (tertiary/aromatic N) is 3. The van der Waals surface area contributed by atoms with Gasteiger partial charge in [0, 0.05) is 37.2 Å². The van der Waals surface area contributed by atoms with Crippen LogP contribution in [-0.4, -0.2) is 38.7 Å². The van der Waals surface area contributed by atoms with Crippen molar-refractivity contribution in [1.82, 2.24) is 19.9 Å². The molecule has 0 atom stereocenters. The van der Waals surface area contributed by atoms with E-state index in [0.29, 0.717) is 17.9 Å². The van der Waals surface area contributed by atoms with Gasteiger partial charge in [0.15, 0.2) is 0 Å². The maximum Gasteiger partial charge on any atom is 0.252 e. The molecule has 0 unspecified atom stereocenters. The minimum absolute atomic E-state index is 0.0189. The molecule has 106 valence electrons. The Morgan fingerprint density at radius 1 is 1.45 bits per heavy atom. The van der Waals surface area contributed by atoms with Gasteiger partial charge in [-0.05, 0) is 12.1 Å². The molecule has 0 aliphatic carbocycles. The van der Waals surface area contributed by atoms with Crippen LogP contribution >= 0.6 is 0 Å². The Hall–Kier alpha value is -2.21. The molecule has 6 nitrogen and oxygen atoms in total. The molecule has 2 aromatic heterocycles. The Morgan fingerprint density at radius 2 is 2.25 bits per heavy atom. The zero-order valence-electron chi connectivity index (χ0n) is 11.6. The van der Waals surface area contributed by atoms with Crippen molar-refractivity contribution in [2.75, 3.05) is 13.2 Å². The van der Waals surface area contributed by atoms with Gasteiger partial charge in [0.05, 0.1) is 5.56 Å². The molecule has 2 heterocycles. The van der Waals surface area contributed by atoms with Gasteiger partial charge in [0.1, 0.15) is 12.1 Å². The summed E-state index contributed by atoms with van der Waals surface area (Å²) in [5, 5.41) is 11.9. The van der Waals surface area contributed by atoms with Crippen molar-refractivity contribution in [3.8, 4) is 5.82 Å². The highest BCUT2D eigenvalue weighted by Crippen LogP contribution is 2.12. The van der Waals surface area contributed by atoms with Crippen LogP contribution in [-0.2, 0) is 0 Å². The third kappa shape index (κ3) is 3.42. The average Bonchev–Trinajstić information content (AvgIpc) is 2.99. The van der Waals surface area contributed by atoms with E-state index in [1.165, 1.54) is 6.20 Å². The van der Waals surface area contributed by atoms with Crippen molar-refractivity contribution in [2.45, 2.75) is 13.8 Å². The van der Waals surface area contributed by atoms with Crippen LogP contribution in [0.2, 0.25) is 0 Å². The van der Waals surface area contributed by atoms with Crippen LogP contribution in [0.15, 0.2) is 37.1 Å². The first-order valence-corrected chi connectivity index (χ1v) is 6.35. The number of aromatic nitrogens is 3. The predicted molar refractivity (Wildman–Crippen MR) is 74.6 cm³/mol. The number of nitrogens with one attached hydrogen (secondary N) is 1. The lowest BCUT2D eigenvalue weighted by molar-refractivity contribution is 0.0910. The molecule has 20 heavy (non-hydrogen) atoms. The third-order valence-electron chi connectivity index (χ3n) is 2.93. The first-order valence-electron chi connectivity index (χ1n) is 6.35. The van der Waals surface area contributed by atoms with Crippen molar-refractivity contribution in [1.29, 1.82) is 0 Å². The minimum Gasteiger partial charge on any atom is -0.396 e. The van der Waals surface area contributed by atoms with Crippen LogP contribution in [0.25, 0.3) is 5.82 Å². The molecular formula is C14H18N4O2. The molecule has 2 aromatic rings. The third-order valence-corrected chi connectivity index (χ3v) is 2.93. The molecule has 0 aliphatic rings. The maximum absolute atomic E-state index is 12.0. The molecule has 0 saturated heterocycles. The van der Waals surface area contributed by atoms with E-state index >= 15 is 0 Å². The number of imidazole rings is 1. The highest BCUT2D eigenvalue weighted by Gasteiger charge is 2.18. The first kappa shape index (κ1) is 14.2. The van der Waals surface area contributed by atoms with Gasteiger partial charge in [-0.2, -0.15) is 0 Å². The molecule has 0 aromatic carbocycles. The monoisotopic (exact) mass is 274 g/mol. The molecule has 0 bridgehead atoms. The number of pyridine rings is 1. The second-order valence-electron chi connectivity index (χ2n) is 5.38. The number of hydrogen-bond acceptors (Lipinski definition) is 4. The molecule has 2 N–H and O–H groups in total. The fourth-order valence-electron chi connectivity index (χ4n) is 1.55. The lowest BCUT2D eigenvalue weighted by atomic mass is 9.95. The van der Waals surface area contributed by atoms with Gasteiger partial charge in [-0.15, -0.1) is 0 Å². The van der Waals surface area contributed by atoms with E-state index in [0.717, 1.165) is 0 Å². The summed E-state index contributed by atoms with van der Waals surface area (Å²) < 4.78 is 1.76. The van der Waals surface area contributed by atoms with Crippen LogP contribution < -0.4 is 5.32 Å². The molecule has 1 amide bonds. The van der Waals surface area contributed by atoms with Crippen molar-refractivity contribution in [3.05, 3.63) is 42.6 Å². The molecule has 0 fully saturated rings. The van der Waals surface area contributed by atoms with Crippen LogP contribution in [0.4, 0.5) is 0 Å². The fourth-order valence-corrected chi connectivity index (χ4v) is 1.55. The molecule has 0 saturated carbocycles. The molecular weight excluding hydrogens is 256 g/mol. The Kier molecular flexibility index (Phi) is 4.14. The zero-order chi connectivity index (χ0) is 14.6. The van der Waals surface area contributed by atoms with Gasteiger partial charge in [0.25, 0.3) is 5.91 Å². The summed E-state index contributed by atoms with van der Waals surface area (Å²) in [5.74, 6) is 0.506. The van der Waals surface area contributed by atoms with Crippen molar-refractivity contribution in [3.63, 3.8) is 0 Å². The van der Waals surface area contributed by atoms with E-state index in [4.69, 9.17) is 5.11 Å². The van der Waals surface area contributed by atoms with Crippen molar-refractivity contribution in [2.24, 2.45) is 5.41 Å². The van der Waals surface area contributed by atoms with Crippen LogP contribution in [0.1, 0.15) is 24.2 Å². The van der Waals surface area contributed by atoms with E-state index in [9.17, 15) is 4.79 Å². The van der Waals surface area contributed by atoms with Gasteiger partial charge in [-0.3, -0.25) is 9.36 Å². The molecule has 0 aliphatic heterocycles. The highest BCUT2D eigenvalue weighted by molar-refractivity contribution is 5.93. The quantitative estimate of drug-likeness (QED) is 0.853. The SMILES string of the molecule is CC(C)(CO)CNC(=O)c1ccc(-n2ccnc2)nc1. The number of carbonyl (C=O) groups is 1. The summed E-state index contributed by atoms with van der Waals surface area (Å²) in [7, 11) is 0. The van der Waals surface area contributed by atoms with E-state index in [2.05, 4.69) is 15.3 Å². The Labute approximate surface area is 117 Å². The summed E-state index contributed by atoms with van der Waals surface area (Å²) >= 11 is 0. The normalized spacial score (nSPS) is 11.3. The first-order chi connectivity index (χ1) is 9.52. The van der Waals surface area contributed by atoms with Crippen molar-refractivity contribution < 1.29 is 9.90 Å². The highest BCUT2D eigenvalue weighted by atomic mass is 16.3. The van der Waals surface area contributed by atoms with Gasteiger partial charge in [-0.25, -0.2) is 9.97 Å². The van der Waals surface area contributed by atoms with Gasteiger partial charge in [0.2, 0.25) is 0 Å². The standard InChI is InChI=1S/C14H18N4O2/c1-14(2,9-19)8-17-13(20)11-3-4-12(16-7-11)18-6-5-15-10-18/h3-7,10,19H,8-9H2,1-2H3,(H,17,20). The number of hydrogen-bond donors (Lipinski definition) is 2. The molecule has 0 spiro atoms. The number of carbonyl (C=O) groups excluding carboxylic acids is 1. The molecule has 2 rings (SSSR count). The van der Waals surface area contributed by atoms with Crippen LogP contribution in [0.3, 0.4) is 0 Å². The maximum atomic E-state index is 12.0. The summed E-state index contributed by atoms with van der Waals surface area (Å²) in [6.45, 7) is 4.19. The Balaban J connectivity index is 2.01. The van der Waals surface area contributed by atoms with Gasteiger partial charge < -0.3 is 10.4 Å². The van der Waals surface area contributed by atoms with E-state index in [1.807, 2.05) is 13.8 Å². The Bertz CT molecular complexity index is 561. The second-order valence-corrected chi connectivity index (χ2v) is 5.38. The van der Waals surface area contributed by atoms with Crippen molar-refractivity contribution >= 4 is 5.91 Å². The Morgan fingerprint density at radius 3 is 2.80 bits per heavy atom. The summed E-state index contributed by atoms with van der Waals surface area (Å²) in [5.41, 5.74) is 0.155. The van der Waals surface area contributed by atoms with Crippen LogP contribution in [0.5, 0.6) is 0 Å². The topological polar surface area (TPSA) is 80.0 Å². The fraction of sp³-hybridized carbons (Fsp3) is 0.357. The number of aliphatic hydroxyl groups is 1. The van der Waals surface area contributed by atoms with E-state index in [1.54, 1.807) is 35.4 Å². The van der Waals surface area contributed by atoms with Gasteiger partial charge >= 0.3 is 0 Å². The number of rotatable bonds is 5. The molecule has 0 radical (unpaired) electrons. The van der Waals surface area contributed by atoms with Gasteiger partial charge in [-0.1, -0.05) is 13.8 Å². The summed E-state index contributed by atoms with van der Waals surface area (Å²) in [6, 6.07) is 3.47. The number of amides is 1. The second kappa shape index (κ2) is 5.83.